The van der Waals surface area contributed by atoms with E-state index in [0.29, 0.717) is 22.1 Å². The quantitative estimate of drug-likeness (QED) is 0.450. The summed E-state index contributed by atoms with van der Waals surface area (Å²) in [6.45, 7) is 1.64. The number of nitro groups is 1. The van der Waals surface area contributed by atoms with Gasteiger partial charge in [0.25, 0.3) is 0 Å². The van der Waals surface area contributed by atoms with Crippen molar-refractivity contribution in [1.82, 2.24) is 0 Å². The fraction of sp³-hybridized carbons (Fsp3) is 0.0625. The fourth-order valence-corrected chi connectivity index (χ4v) is 2.21. The van der Waals surface area contributed by atoms with E-state index in [4.69, 9.17) is 8.83 Å². The third-order valence-electron chi connectivity index (χ3n) is 3.38. The van der Waals surface area contributed by atoms with Crippen LogP contribution in [-0.4, -0.2) is 10.0 Å². The lowest BCUT2D eigenvalue weighted by atomic mass is 10.1. The fourth-order valence-electron chi connectivity index (χ4n) is 2.21. The Kier molecular flexibility index (Phi) is 3.46. The molecule has 0 spiro atoms. The highest BCUT2D eigenvalue weighted by Crippen LogP contribution is 2.28. The summed E-state index contributed by atoms with van der Waals surface area (Å²) in [4.78, 5) is 21.6. The highest BCUT2D eigenvalue weighted by atomic mass is 16.6. The number of rotatable bonds is 3. The normalized spacial score (nSPS) is 11.3. The average Bonchev–Trinajstić information content (AvgIpc) is 2.98. The Morgan fingerprint density at radius 3 is 2.65 bits per heavy atom. The summed E-state index contributed by atoms with van der Waals surface area (Å²) in [5, 5.41) is 20.9. The van der Waals surface area contributed by atoms with Crippen LogP contribution in [0.15, 0.2) is 44.0 Å². The molecule has 0 amide bonds. The first kappa shape index (κ1) is 14.6. The Labute approximate surface area is 129 Å². The van der Waals surface area contributed by atoms with Gasteiger partial charge in [0.2, 0.25) is 0 Å². The minimum Gasteiger partial charge on any atom is -0.508 e. The van der Waals surface area contributed by atoms with E-state index in [1.54, 1.807) is 19.1 Å². The van der Waals surface area contributed by atoms with Crippen molar-refractivity contribution in [1.29, 1.82) is 0 Å². The maximum Gasteiger partial charge on any atom is 0.433 e. The molecule has 0 aliphatic rings. The Hall–Kier alpha value is -3.35. The zero-order valence-electron chi connectivity index (χ0n) is 12.0. The molecule has 0 saturated carbocycles. The van der Waals surface area contributed by atoms with Gasteiger partial charge in [0.15, 0.2) is 0 Å². The minimum atomic E-state index is -0.629. The van der Waals surface area contributed by atoms with Crippen molar-refractivity contribution in [2.45, 2.75) is 6.92 Å². The lowest BCUT2D eigenvalue weighted by molar-refractivity contribution is -0.402. The molecule has 3 rings (SSSR count). The van der Waals surface area contributed by atoms with Crippen LogP contribution in [0, 0.1) is 17.0 Å². The summed E-state index contributed by atoms with van der Waals surface area (Å²) in [6, 6.07) is 7.14. The summed E-state index contributed by atoms with van der Waals surface area (Å²) in [7, 11) is 0. The van der Waals surface area contributed by atoms with Gasteiger partial charge in [0.05, 0.1) is 6.07 Å². The van der Waals surface area contributed by atoms with Crippen molar-refractivity contribution in [2.75, 3.05) is 0 Å². The number of aromatic hydroxyl groups is 1. The molecule has 0 unspecified atom stereocenters. The van der Waals surface area contributed by atoms with E-state index >= 15 is 0 Å². The number of phenolic OH excluding ortho intramolecular Hbond substituents is 1. The van der Waals surface area contributed by atoms with Crippen LogP contribution in [-0.2, 0) is 0 Å². The second kappa shape index (κ2) is 5.45. The molecule has 116 valence electrons. The minimum absolute atomic E-state index is 0.0310. The number of benzene rings is 1. The largest absolute Gasteiger partial charge is 0.508 e. The van der Waals surface area contributed by atoms with Crippen LogP contribution in [0.4, 0.5) is 5.88 Å². The number of furan rings is 1. The van der Waals surface area contributed by atoms with Gasteiger partial charge in [-0.2, -0.15) is 0 Å². The van der Waals surface area contributed by atoms with Crippen molar-refractivity contribution < 1.29 is 18.9 Å². The lowest BCUT2D eigenvalue weighted by Gasteiger charge is -2.05. The monoisotopic (exact) mass is 313 g/mol. The lowest BCUT2D eigenvalue weighted by Crippen LogP contribution is -1.99. The predicted octanol–water partition coefficient (Wildman–Crippen LogP) is 3.48. The molecule has 1 aromatic carbocycles. The average molecular weight is 313 g/mol. The molecular formula is C16H11NO6. The molecule has 0 atom stereocenters. The highest BCUT2D eigenvalue weighted by molar-refractivity contribution is 5.91. The van der Waals surface area contributed by atoms with Gasteiger partial charge in [-0.15, -0.1) is 0 Å². The summed E-state index contributed by atoms with van der Waals surface area (Å²) in [6.07, 6.45) is 3.11. The maximum atomic E-state index is 11.7. The van der Waals surface area contributed by atoms with Crippen LogP contribution < -0.4 is 5.63 Å². The van der Waals surface area contributed by atoms with E-state index in [1.165, 1.54) is 30.3 Å². The molecule has 7 heteroatoms. The van der Waals surface area contributed by atoms with Gasteiger partial charge >= 0.3 is 11.5 Å². The third-order valence-corrected chi connectivity index (χ3v) is 3.38. The van der Waals surface area contributed by atoms with Crippen molar-refractivity contribution in [3.8, 4) is 5.75 Å². The highest BCUT2D eigenvalue weighted by Gasteiger charge is 2.11. The molecule has 2 aromatic heterocycles. The van der Waals surface area contributed by atoms with Crippen LogP contribution in [0.1, 0.15) is 16.9 Å². The topological polar surface area (TPSA) is 107 Å². The van der Waals surface area contributed by atoms with Crippen molar-refractivity contribution in [3.63, 3.8) is 0 Å². The first-order valence-corrected chi connectivity index (χ1v) is 6.64. The first-order valence-electron chi connectivity index (χ1n) is 6.64. The van der Waals surface area contributed by atoms with Gasteiger partial charge in [0, 0.05) is 17.0 Å². The second-order valence-electron chi connectivity index (χ2n) is 4.87. The molecule has 23 heavy (non-hydrogen) atoms. The molecular weight excluding hydrogens is 302 g/mol. The van der Waals surface area contributed by atoms with Crippen molar-refractivity contribution in [3.05, 3.63) is 67.8 Å². The van der Waals surface area contributed by atoms with Crippen LogP contribution in [0.25, 0.3) is 23.1 Å². The van der Waals surface area contributed by atoms with E-state index in [2.05, 4.69) is 0 Å². The molecule has 3 aromatic rings. The number of phenols is 1. The van der Waals surface area contributed by atoms with Gasteiger partial charge in [0.1, 0.15) is 22.0 Å². The molecule has 0 aliphatic carbocycles. The Bertz CT molecular complexity index is 995. The van der Waals surface area contributed by atoms with E-state index in [-0.39, 0.29) is 17.4 Å². The summed E-state index contributed by atoms with van der Waals surface area (Å²) >= 11 is 0. The van der Waals surface area contributed by atoms with Crippen molar-refractivity contribution >= 4 is 29.0 Å². The van der Waals surface area contributed by atoms with Gasteiger partial charge in [-0.1, -0.05) is 6.08 Å². The molecule has 1 N–H and O–H groups in total. The van der Waals surface area contributed by atoms with Gasteiger partial charge in [-0.3, -0.25) is 10.1 Å². The number of fused-ring (bicyclic) bond motifs is 1. The Morgan fingerprint density at radius 2 is 1.96 bits per heavy atom. The Balaban J connectivity index is 2.09. The van der Waals surface area contributed by atoms with Crippen molar-refractivity contribution in [2.24, 2.45) is 0 Å². The third kappa shape index (κ3) is 2.71. The van der Waals surface area contributed by atoms with Gasteiger partial charge < -0.3 is 13.9 Å². The van der Waals surface area contributed by atoms with Gasteiger partial charge in [-0.05, 0) is 36.8 Å². The zero-order valence-corrected chi connectivity index (χ0v) is 12.0. The van der Waals surface area contributed by atoms with Crippen LogP contribution >= 0.6 is 0 Å². The molecule has 0 fully saturated rings. The summed E-state index contributed by atoms with van der Waals surface area (Å²) in [5.41, 5.74) is 0.751. The van der Waals surface area contributed by atoms with Crippen LogP contribution in [0.3, 0.4) is 0 Å². The molecule has 0 bridgehead atoms. The summed E-state index contributed by atoms with van der Waals surface area (Å²) in [5.74, 6) is -0.0418. The van der Waals surface area contributed by atoms with E-state index < -0.39 is 10.5 Å². The molecule has 7 nitrogen and oxygen atoms in total. The molecule has 0 saturated heterocycles. The van der Waals surface area contributed by atoms with E-state index in [1.807, 2.05) is 0 Å². The Morgan fingerprint density at radius 1 is 1.17 bits per heavy atom. The number of aryl methyl sites for hydroxylation is 1. The predicted molar refractivity (Wildman–Crippen MR) is 83.2 cm³/mol. The number of hydrogen-bond donors (Lipinski definition) is 1. The van der Waals surface area contributed by atoms with Gasteiger partial charge in [-0.25, -0.2) is 4.79 Å². The number of hydrogen-bond acceptors (Lipinski definition) is 6. The number of nitrogens with zero attached hydrogens (tertiary/aromatic N) is 1. The van der Waals surface area contributed by atoms with E-state index in [9.17, 15) is 20.0 Å². The van der Waals surface area contributed by atoms with Crippen LogP contribution in [0.5, 0.6) is 5.75 Å². The summed E-state index contributed by atoms with van der Waals surface area (Å²) < 4.78 is 10.2. The molecule has 0 radical (unpaired) electrons. The molecule has 2 heterocycles. The standard InChI is InChI=1S/C16H11NO6/c1-9-13(18)6-5-12-10(8-15(19)23-16(9)12)2-3-11-4-7-14(22-11)17(20)21/h2-8,18H,1H3/b3-2+. The second-order valence-corrected chi connectivity index (χ2v) is 4.87. The maximum absolute atomic E-state index is 11.7. The zero-order chi connectivity index (χ0) is 16.6. The smallest absolute Gasteiger partial charge is 0.433 e. The van der Waals surface area contributed by atoms with E-state index in [0.717, 1.165) is 0 Å². The molecule has 0 aliphatic heterocycles. The SMILES string of the molecule is Cc1c(O)ccc2c(/C=C/c3ccc([N+](=O)[O-])o3)cc(=O)oc12. The van der Waals surface area contributed by atoms with Crippen LogP contribution in [0.2, 0.25) is 0 Å². The first-order chi connectivity index (χ1) is 11.0.